The Balaban J connectivity index is 0.797. The summed E-state index contributed by atoms with van der Waals surface area (Å²) < 4.78 is 13.2. The quantitative estimate of drug-likeness (QED) is 0.102. The van der Waals surface area contributed by atoms with Crippen molar-refractivity contribution in [1.29, 1.82) is 0 Å². The first kappa shape index (κ1) is 37.8. The van der Waals surface area contributed by atoms with Crippen LogP contribution in [-0.2, 0) is 58.0 Å². The van der Waals surface area contributed by atoms with Crippen molar-refractivity contribution in [3.63, 3.8) is 0 Å². The zero-order valence-electron chi connectivity index (χ0n) is 37.1. The number of hydrogen-bond donors (Lipinski definition) is 0. The normalized spacial score (nSPS) is 16.4. The van der Waals surface area contributed by atoms with Crippen molar-refractivity contribution in [2.24, 2.45) is 21.1 Å². The smallest absolute Gasteiger partial charge is 0.137 e. The lowest BCUT2D eigenvalue weighted by atomic mass is 9.90. The highest BCUT2D eigenvalue weighted by atomic mass is 15.6. The molecule has 11 aromatic rings. The van der Waals surface area contributed by atoms with Gasteiger partial charge in [-0.2, -0.15) is 0 Å². The van der Waals surface area contributed by atoms with Crippen LogP contribution in [0.15, 0.2) is 128 Å². The molecule has 13 rings (SSSR count). The molecule has 0 unspecified atom stereocenters. The minimum Gasteiger partial charge on any atom is -0.137 e. The maximum absolute atomic E-state index is 5.38. The molecular weight excluding hydrogens is 787 g/mol. The van der Waals surface area contributed by atoms with E-state index in [9.17, 15) is 0 Å². The predicted molar refractivity (Wildman–Crippen MR) is 253 cm³/mol. The molecule has 2 saturated carbocycles. The Morgan fingerprint density at radius 1 is 0.438 bits per heavy atom. The summed E-state index contributed by atoms with van der Waals surface area (Å²) in [6.07, 6.45) is 18.7. The van der Waals surface area contributed by atoms with Crippen LogP contribution < -0.4 is 14.0 Å². The van der Waals surface area contributed by atoms with Gasteiger partial charge in [-0.1, -0.05) is 109 Å². The lowest BCUT2D eigenvalue weighted by Gasteiger charge is -2.21. The lowest BCUT2D eigenvalue weighted by molar-refractivity contribution is -0.814. The zero-order chi connectivity index (χ0) is 42.7. The summed E-state index contributed by atoms with van der Waals surface area (Å²) in [4.78, 5) is 0. The van der Waals surface area contributed by atoms with Gasteiger partial charge in [-0.05, 0) is 108 Å². The third-order valence-corrected chi connectivity index (χ3v) is 15.8. The van der Waals surface area contributed by atoms with E-state index in [4.69, 9.17) is 15.6 Å². The van der Waals surface area contributed by atoms with E-state index in [2.05, 4.69) is 177 Å². The first-order chi connectivity index (χ1) is 31.4. The van der Waals surface area contributed by atoms with E-state index in [0.717, 1.165) is 51.5 Å². The van der Waals surface area contributed by atoms with Crippen LogP contribution in [0.2, 0.25) is 0 Å². The van der Waals surface area contributed by atoms with Gasteiger partial charge in [-0.3, -0.25) is 0 Å². The summed E-state index contributed by atoms with van der Waals surface area (Å²) in [5.74, 6) is 0. The van der Waals surface area contributed by atoms with E-state index >= 15 is 0 Å². The van der Waals surface area contributed by atoms with Crippen molar-refractivity contribution in [3.05, 3.63) is 156 Å². The molecule has 0 spiro atoms. The number of nitrogens with zero attached hydrogens (tertiary/aromatic N) is 9. The molecule has 0 atom stereocenters. The van der Waals surface area contributed by atoms with E-state index in [0.29, 0.717) is 0 Å². The largest absolute Gasteiger partial charge is 0.217 e. The Morgan fingerprint density at radius 3 is 1.44 bits per heavy atom. The van der Waals surface area contributed by atoms with Crippen LogP contribution in [0.4, 0.5) is 0 Å². The summed E-state index contributed by atoms with van der Waals surface area (Å²) in [6, 6.07) is 40.9. The molecule has 2 aliphatic rings. The van der Waals surface area contributed by atoms with Gasteiger partial charge in [0.2, 0.25) is 11.4 Å². The Labute approximate surface area is 372 Å². The number of aryl methyl sites for hydroxylation is 7. The summed E-state index contributed by atoms with van der Waals surface area (Å²) in [7, 11) is 6.39. The molecule has 0 amide bonds. The molecule has 2 aliphatic carbocycles. The molecule has 9 nitrogen and oxygen atoms in total. The van der Waals surface area contributed by atoms with Crippen molar-refractivity contribution in [2.45, 2.75) is 88.3 Å². The molecule has 2 fully saturated rings. The summed E-state index contributed by atoms with van der Waals surface area (Å²) in [6.45, 7) is 0.810. The molecule has 0 bridgehead atoms. The van der Waals surface area contributed by atoms with E-state index in [1.165, 1.54) is 119 Å². The van der Waals surface area contributed by atoms with E-state index in [1.54, 1.807) is 0 Å². The van der Waals surface area contributed by atoms with Gasteiger partial charge in [0, 0.05) is 38.5 Å². The van der Waals surface area contributed by atoms with Gasteiger partial charge in [-0.25, -0.2) is 0 Å². The molecule has 0 radical (unpaired) electrons. The van der Waals surface area contributed by atoms with Gasteiger partial charge in [-0.15, -0.1) is 28.1 Å². The minimum atomic E-state index is -0.267. The van der Waals surface area contributed by atoms with Crippen molar-refractivity contribution in [1.82, 2.24) is 29.7 Å². The van der Waals surface area contributed by atoms with Gasteiger partial charge >= 0.3 is 0 Å². The lowest BCUT2D eigenvalue weighted by Crippen LogP contribution is -2.59. The number of rotatable bonds is 10. The van der Waals surface area contributed by atoms with Gasteiger partial charge in [0.05, 0.1) is 15.6 Å². The minimum absolute atomic E-state index is 0.261. The van der Waals surface area contributed by atoms with Crippen molar-refractivity contribution >= 4 is 64.6 Å². The van der Waals surface area contributed by atoms with Crippen LogP contribution in [0.25, 0.3) is 64.6 Å². The van der Waals surface area contributed by atoms with Crippen molar-refractivity contribution < 1.29 is 14.0 Å². The number of benzene rings is 8. The SMILES string of the molecule is Cn1n[n+](C2(c3c[n+](C4(c5c[n+](CCc6ccc7ccc8cccc9ccc6c7c89)nn5C)CCCC4)nn3C)CCCC2)cc1CCc1ccc2ccc3cccc4ccc1c2c34. The van der Waals surface area contributed by atoms with Crippen LogP contribution in [0.1, 0.15) is 79.6 Å². The van der Waals surface area contributed by atoms with E-state index < -0.39 is 0 Å². The Hall–Kier alpha value is -6.74. The van der Waals surface area contributed by atoms with Crippen LogP contribution in [0, 0.1) is 0 Å². The van der Waals surface area contributed by atoms with Crippen LogP contribution in [0.3, 0.4) is 0 Å². The summed E-state index contributed by atoms with van der Waals surface area (Å²) in [5, 5.41) is 31.9. The van der Waals surface area contributed by atoms with Gasteiger partial charge in [0.1, 0.15) is 27.7 Å². The first-order valence-corrected chi connectivity index (χ1v) is 23.5. The average Bonchev–Trinajstić information content (AvgIpc) is 4.19. The monoisotopic (exact) mass is 840 g/mol. The summed E-state index contributed by atoms with van der Waals surface area (Å²) in [5.41, 5.74) is 5.96. The van der Waals surface area contributed by atoms with Gasteiger partial charge in [0.15, 0.2) is 35.4 Å². The first-order valence-electron chi connectivity index (χ1n) is 23.5. The molecule has 0 N–H and O–H groups in total. The van der Waals surface area contributed by atoms with Crippen LogP contribution >= 0.6 is 0 Å². The molecule has 3 heterocycles. The maximum atomic E-state index is 5.38. The van der Waals surface area contributed by atoms with Crippen LogP contribution in [0.5, 0.6) is 0 Å². The molecule has 64 heavy (non-hydrogen) atoms. The third kappa shape index (κ3) is 5.55. The standard InChI is InChI=1S/C55H54N9/c1-59-45(25-22-37-14-16-43-20-18-39-10-8-12-41-23-26-46(37)52(43)50(39)41)34-63(57-59)55(31-6-7-32-55)49-36-64(58-61(49)3)54(29-4-5-30-54)48-35-62(56-60(48)2)33-28-38-15-17-44-21-19-40-11-9-13-42-24-27-47(38)53(44)51(40)42/h8-21,23-24,26-27,34-36H,4-7,22,25,28-33H2,1-3H3/q+3. The second-order valence-corrected chi connectivity index (χ2v) is 19.2. The molecule has 0 saturated heterocycles. The van der Waals surface area contributed by atoms with Crippen molar-refractivity contribution in [2.75, 3.05) is 0 Å². The average molecular weight is 841 g/mol. The van der Waals surface area contributed by atoms with Crippen molar-refractivity contribution in [3.8, 4) is 0 Å². The van der Waals surface area contributed by atoms with Crippen LogP contribution in [-0.4, -0.2) is 29.7 Å². The molecule has 0 aliphatic heterocycles. The van der Waals surface area contributed by atoms with E-state index in [1.807, 2.05) is 0 Å². The number of aromatic nitrogens is 9. The molecule has 9 heteroatoms. The molecule has 8 aromatic carbocycles. The molecular formula is C55H54N9+3. The third-order valence-electron chi connectivity index (χ3n) is 15.8. The Bertz CT molecular complexity index is 3540. The highest BCUT2D eigenvalue weighted by Crippen LogP contribution is 2.42. The fourth-order valence-corrected chi connectivity index (χ4v) is 12.6. The highest BCUT2D eigenvalue weighted by molar-refractivity contribution is 6.24. The fraction of sp³-hybridized carbons (Fsp3) is 0.309. The van der Waals surface area contributed by atoms with Gasteiger partial charge in [0.25, 0.3) is 0 Å². The molecule has 316 valence electrons. The summed E-state index contributed by atoms with van der Waals surface area (Å²) >= 11 is 0. The Morgan fingerprint density at radius 2 is 0.875 bits per heavy atom. The Kier molecular flexibility index (Phi) is 8.34. The fourth-order valence-electron chi connectivity index (χ4n) is 12.6. The van der Waals surface area contributed by atoms with E-state index in [-0.39, 0.29) is 11.1 Å². The molecule has 3 aromatic heterocycles. The predicted octanol–water partition coefficient (Wildman–Crippen LogP) is 9.21. The number of hydrogen-bond acceptors (Lipinski definition) is 3. The second-order valence-electron chi connectivity index (χ2n) is 19.2. The topological polar surface area (TPSA) is 65.1 Å². The van der Waals surface area contributed by atoms with Gasteiger partial charge < -0.3 is 0 Å². The maximum Gasteiger partial charge on any atom is 0.217 e. The highest BCUT2D eigenvalue weighted by Gasteiger charge is 2.54. The second kappa shape index (κ2) is 14.1. The zero-order valence-corrected chi connectivity index (χ0v) is 37.1.